The van der Waals surface area contributed by atoms with Gasteiger partial charge in [0, 0.05) is 30.4 Å². The molecule has 1 fully saturated rings. The molecule has 3 heterocycles. The highest BCUT2D eigenvalue weighted by Gasteiger charge is 2.29. The predicted octanol–water partition coefficient (Wildman–Crippen LogP) is 4.73. The van der Waals surface area contributed by atoms with E-state index in [2.05, 4.69) is 24.0 Å². The van der Waals surface area contributed by atoms with Gasteiger partial charge in [0.2, 0.25) is 0 Å². The van der Waals surface area contributed by atoms with E-state index in [1.165, 1.54) is 6.07 Å². The summed E-state index contributed by atoms with van der Waals surface area (Å²) in [6, 6.07) is 13.8. The summed E-state index contributed by atoms with van der Waals surface area (Å²) in [6.07, 6.45) is 5.70. The Morgan fingerprint density at radius 3 is 2.62 bits per heavy atom. The topological polar surface area (TPSA) is 77.9 Å². The first kappa shape index (κ1) is 22.3. The van der Waals surface area contributed by atoms with Crippen molar-refractivity contribution in [3.05, 3.63) is 72.6 Å². The molecule has 176 valence electrons. The second-order valence-electron chi connectivity index (χ2n) is 8.87. The molecule has 2 N–H and O–H groups in total. The fourth-order valence-corrected chi connectivity index (χ4v) is 4.52. The van der Waals surface area contributed by atoms with Crippen molar-refractivity contribution in [2.45, 2.75) is 24.9 Å². The second kappa shape index (κ2) is 9.40. The Balaban J connectivity index is 1.54. The van der Waals surface area contributed by atoms with Gasteiger partial charge in [-0.15, -0.1) is 0 Å². The first-order chi connectivity index (χ1) is 16.5. The van der Waals surface area contributed by atoms with Crippen LogP contribution < -0.4 is 10.5 Å². The molecule has 0 radical (unpaired) electrons. The third kappa shape index (κ3) is 4.34. The fraction of sp³-hybridized carbons (Fsp3) is 0.308. The van der Waals surface area contributed by atoms with Crippen LogP contribution in [-0.4, -0.2) is 52.6 Å². The van der Waals surface area contributed by atoms with E-state index in [1.54, 1.807) is 30.5 Å². The zero-order chi connectivity index (χ0) is 23.7. The maximum atomic E-state index is 14.3. The van der Waals surface area contributed by atoms with Gasteiger partial charge < -0.3 is 20.1 Å². The molecule has 0 unspecified atom stereocenters. The second-order valence-corrected chi connectivity index (χ2v) is 8.87. The van der Waals surface area contributed by atoms with Gasteiger partial charge >= 0.3 is 0 Å². The van der Waals surface area contributed by atoms with E-state index >= 15 is 0 Å². The Kier molecular flexibility index (Phi) is 6.17. The van der Waals surface area contributed by atoms with Crippen LogP contribution in [0.1, 0.15) is 24.6 Å². The minimum absolute atomic E-state index is 0.126. The number of halogens is 1. The standard InChI is InChI=1S/C26H28FN5O2/c1-31(2)15-18-12-11-17(16-33-18)26-30-23(24-25(28)29-13-14-32(24)26)19-7-3-5-9-21(19)34-22-10-6-4-8-20(22)27/h3-10,13-14,17-18H,11-12,15-16H2,1-2H3,(H2,28,29)/t17-,18-/m0/s1. The molecule has 0 bridgehead atoms. The van der Waals surface area contributed by atoms with Crippen LogP contribution in [0.5, 0.6) is 11.5 Å². The van der Waals surface area contributed by atoms with E-state index in [1.807, 2.05) is 28.8 Å². The van der Waals surface area contributed by atoms with Crippen LogP contribution in [0.15, 0.2) is 60.9 Å². The Hall–Kier alpha value is -3.49. The molecule has 0 saturated carbocycles. The average molecular weight is 462 g/mol. The molecule has 0 spiro atoms. The number of rotatable bonds is 6. The molecule has 1 aliphatic heterocycles. The Labute approximate surface area is 198 Å². The van der Waals surface area contributed by atoms with Crippen LogP contribution in [-0.2, 0) is 4.74 Å². The van der Waals surface area contributed by atoms with Crippen molar-refractivity contribution in [3.63, 3.8) is 0 Å². The van der Waals surface area contributed by atoms with Gasteiger partial charge in [-0.25, -0.2) is 14.4 Å². The van der Waals surface area contributed by atoms with Crippen molar-refractivity contribution in [2.24, 2.45) is 0 Å². The molecule has 4 aromatic rings. The molecule has 8 heteroatoms. The van der Waals surface area contributed by atoms with E-state index < -0.39 is 5.82 Å². The van der Waals surface area contributed by atoms with Gasteiger partial charge in [-0.3, -0.25) is 4.40 Å². The first-order valence-corrected chi connectivity index (χ1v) is 11.4. The largest absolute Gasteiger partial charge is 0.454 e. The number of likely N-dealkylation sites (N-methyl/N-ethyl adjacent to an activating group) is 1. The SMILES string of the molecule is CN(C)C[C@@H]1CC[C@H](c2nc(-c3ccccc3Oc3ccccc3F)c3c(N)nccn23)CO1. The predicted molar refractivity (Wildman–Crippen MR) is 130 cm³/mol. The maximum Gasteiger partial charge on any atom is 0.165 e. The van der Waals surface area contributed by atoms with Gasteiger partial charge in [0.15, 0.2) is 11.6 Å². The zero-order valence-corrected chi connectivity index (χ0v) is 19.3. The third-order valence-electron chi connectivity index (χ3n) is 6.11. The van der Waals surface area contributed by atoms with Crippen molar-refractivity contribution in [2.75, 3.05) is 33.0 Å². The van der Waals surface area contributed by atoms with E-state index in [9.17, 15) is 4.39 Å². The third-order valence-corrected chi connectivity index (χ3v) is 6.11. The number of nitrogens with two attached hydrogens (primary N) is 1. The number of ether oxygens (including phenoxy) is 2. The summed E-state index contributed by atoms with van der Waals surface area (Å²) < 4.78 is 28.4. The Bertz CT molecular complexity index is 1300. The van der Waals surface area contributed by atoms with E-state index in [-0.39, 0.29) is 17.8 Å². The normalized spacial score (nSPS) is 18.5. The molecule has 2 atom stereocenters. The summed E-state index contributed by atoms with van der Waals surface area (Å²) in [4.78, 5) is 11.5. The maximum absolute atomic E-state index is 14.3. The fourth-order valence-electron chi connectivity index (χ4n) is 4.52. The molecule has 34 heavy (non-hydrogen) atoms. The number of anilines is 1. The molecule has 2 aromatic carbocycles. The summed E-state index contributed by atoms with van der Waals surface area (Å²) in [7, 11) is 4.11. The van der Waals surface area contributed by atoms with Crippen LogP contribution in [0.25, 0.3) is 16.8 Å². The lowest BCUT2D eigenvalue weighted by Crippen LogP contribution is -2.34. The zero-order valence-electron chi connectivity index (χ0n) is 19.3. The number of nitrogens with zero attached hydrogens (tertiary/aromatic N) is 4. The van der Waals surface area contributed by atoms with Crippen LogP contribution in [0.4, 0.5) is 10.2 Å². The number of fused-ring (bicyclic) bond motifs is 1. The number of para-hydroxylation sites is 2. The lowest BCUT2D eigenvalue weighted by molar-refractivity contribution is -0.0104. The smallest absolute Gasteiger partial charge is 0.165 e. The average Bonchev–Trinajstić information content (AvgIpc) is 3.22. The molecule has 0 amide bonds. The molecule has 5 rings (SSSR count). The highest BCUT2D eigenvalue weighted by atomic mass is 19.1. The van der Waals surface area contributed by atoms with E-state index in [0.717, 1.165) is 30.8 Å². The molecule has 0 aliphatic carbocycles. The number of hydrogen-bond acceptors (Lipinski definition) is 6. The molecule has 7 nitrogen and oxygen atoms in total. The van der Waals surface area contributed by atoms with Crippen molar-refractivity contribution in [3.8, 4) is 22.8 Å². The van der Waals surface area contributed by atoms with Gasteiger partial charge in [0.1, 0.15) is 28.6 Å². The van der Waals surface area contributed by atoms with Crippen LogP contribution in [0, 0.1) is 5.82 Å². The number of nitrogen functional groups attached to an aromatic ring is 1. The lowest BCUT2D eigenvalue weighted by Gasteiger charge is -2.30. The van der Waals surface area contributed by atoms with Crippen LogP contribution >= 0.6 is 0 Å². The summed E-state index contributed by atoms with van der Waals surface area (Å²) >= 11 is 0. The summed E-state index contributed by atoms with van der Waals surface area (Å²) in [6.45, 7) is 1.49. The Morgan fingerprint density at radius 1 is 1.12 bits per heavy atom. The van der Waals surface area contributed by atoms with Crippen molar-refractivity contribution in [1.29, 1.82) is 0 Å². The lowest BCUT2D eigenvalue weighted by atomic mass is 9.97. The minimum atomic E-state index is -0.430. The van der Waals surface area contributed by atoms with Crippen molar-refractivity contribution >= 4 is 11.3 Å². The first-order valence-electron chi connectivity index (χ1n) is 11.4. The Morgan fingerprint density at radius 2 is 1.88 bits per heavy atom. The van der Waals surface area contributed by atoms with E-state index in [0.29, 0.717) is 29.4 Å². The monoisotopic (exact) mass is 461 g/mol. The molecule has 2 aromatic heterocycles. The molecular formula is C26H28FN5O2. The molecule has 1 aliphatic rings. The molecular weight excluding hydrogens is 433 g/mol. The number of aromatic nitrogens is 3. The van der Waals surface area contributed by atoms with Crippen LogP contribution in [0.2, 0.25) is 0 Å². The number of imidazole rings is 1. The minimum Gasteiger partial charge on any atom is -0.454 e. The van der Waals surface area contributed by atoms with Crippen molar-refractivity contribution in [1.82, 2.24) is 19.3 Å². The summed E-state index contributed by atoms with van der Waals surface area (Å²) in [5.74, 6) is 1.59. The molecule has 1 saturated heterocycles. The van der Waals surface area contributed by atoms with Gasteiger partial charge in [-0.05, 0) is 51.2 Å². The van der Waals surface area contributed by atoms with Gasteiger partial charge in [0.05, 0.1) is 12.7 Å². The highest BCUT2D eigenvalue weighted by Crippen LogP contribution is 2.39. The van der Waals surface area contributed by atoms with Gasteiger partial charge in [0.25, 0.3) is 0 Å². The van der Waals surface area contributed by atoms with E-state index in [4.69, 9.17) is 20.2 Å². The van der Waals surface area contributed by atoms with Gasteiger partial charge in [-0.1, -0.05) is 24.3 Å². The summed E-state index contributed by atoms with van der Waals surface area (Å²) in [5.41, 5.74) is 8.41. The van der Waals surface area contributed by atoms with Gasteiger partial charge in [-0.2, -0.15) is 0 Å². The summed E-state index contributed by atoms with van der Waals surface area (Å²) in [5, 5.41) is 0. The number of hydrogen-bond donors (Lipinski definition) is 1. The number of benzene rings is 2. The van der Waals surface area contributed by atoms with Crippen LogP contribution in [0.3, 0.4) is 0 Å². The quantitative estimate of drug-likeness (QED) is 0.447. The van der Waals surface area contributed by atoms with Crippen molar-refractivity contribution < 1.29 is 13.9 Å². The highest BCUT2D eigenvalue weighted by molar-refractivity contribution is 5.87.